The molecule has 0 unspecified atom stereocenters. The molecule has 2 fully saturated rings. The first kappa shape index (κ1) is 16.3. The van der Waals surface area contributed by atoms with Gasteiger partial charge < -0.3 is 9.84 Å². The second-order valence-corrected chi connectivity index (χ2v) is 9.75. The van der Waals surface area contributed by atoms with E-state index in [1.54, 1.807) is 7.11 Å². The molecule has 132 valence electrons. The van der Waals surface area contributed by atoms with Crippen molar-refractivity contribution in [3.8, 4) is 11.5 Å². The Morgan fingerprint density at radius 3 is 2.50 bits per heavy atom. The molecule has 3 aliphatic rings. The van der Waals surface area contributed by atoms with Crippen molar-refractivity contribution in [1.29, 1.82) is 0 Å². The van der Waals surface area contributed by atoms with E-state index in [9.17, 15) is 5.11 Å². The normalized spacial score (nSPS) is 39.7. The van der Waals surface area contributed by atoms with E-state index < -0.39 is 0 Å². The largest absolute Gasteiger partial charge is 0.508 e. The molecule has 2 heteroatoms. The summed E-state index contributed by atoms with van der Waals surface area (Å²) in [6.07, 6.45) is 7.57. The number of ether oxygens (including phenoxy) is 1. The molecule has 0 heterocycles. The summed E-state index contributed by atoms with van der Waals surface area (Å²) in [5.74, 6) is 2.85. The highest BCUT2D eigenvalue weighted by Crippen LogP contribution is 2.68. The third kappa shape index (κ3) is 1.89. The molecule has 2 saturated carbocycles. The molecule has 24 heavy (non-hydrogen) atoms. The minimum absolute atomic E-state index is 0.0899. The van der Waals surface area contributed by atoms with Crippen LogP contribution in [-0.2, 0) is 11.8 Å². The molecular weight excluding hydrogens is 296 g/mol. The quantitative estimate of drug-likeness (QED) is 0.742. The maximum atomic E-state index is 10.7. The maximum absolute atomic E-state index is 10.7. The number of phenols is 1. The van der Waals surface area contributed by atoms with Gasteiger partial charge in [-0.1, -0.05) is 34.1 Å². The zero-order valence-corrected chi connectivity index (χ0v) is 15.9. The van der Waals surface area contributed by atoms with Crippen molar-refractivity contribution in [3.63, 3.8) is 0 Å². The van der Waals surface area contributed by atoms with Gasteiger partial charge in [-0.15, -0.1) is 0 Å². The summed E-state index contributed by atoms with van der Waals surface area (Å²) < 4.78 is 5.66. The predicted molar refractivity (Wildman–Crippen MR) is 97.7 cm³/mol. The van der Waals surface area contributed by atoms with Gasteiger partial charge in [0, 0.05) is 16.5 Å². The van der Waals surface area contributed by atoms with Crippen LogP contribution in [0.4, 0.5) is 0 Å². The van der Waals surface area contributed by atoms with Gasteiger partial charge in [0.15, 0.2) is 0 Å². The lowest BCUT2D eigenvalue weighted by atomic mass is 9.43. The lowest BCUT2D eigenvalue weighted by molar-refractivity contribution is -0.0985. The summed E-state index contributed by atoms with van der Waals surface area (Å²) in [5, 5.41) is 10.7. The van der Waals surface area contributed by atoms with Crippen LogP contribution in [0.15, 0.2) is 12.1 Å². The van der Waals surface area contributed by atoms with E-state index in [0.29, 0.717) is 22.5 Å². The molecule has 0 aliphatic heterocycles. The van der Waals surface area contributed by atoms with Gasteiger partial charge in [-0.2, -0.15) is 0 Å². The van der Waals surface area contributed by atoms with Gasteiger partial charge in [0.2, 0.25) is 0 Å². The highest BCUT2D eigenvalue weighted by molar-refractivity contribution is 5.56. The zero-order valence-electron chi connectivity index (χ0n) is 15.9. The van der Waals surface area contributed by atoms with E-state index in [0.717, 1.165) is 18.1 Å². The van der Waals surface area contributed by atoms with Crippen LogP contribution < -0.4 is 4.74 Å². The summed E-state index contributed by atoms with van der Waals surface area (Å²) in [6.45, 7) is 9.93. The van der Waals surface area contributed by atoms with Crippen molar-refractivity contribution in [1.82, 2.24) is 0 Å². The number of fused-ring (bicyclic) bond motifs is 5. The van der Waals surface area contributed by atoms with E-state index in [-0.39, 0.29) is 5.41 Å². The van der Waals surface area contributed by atoms with Crippen LogP contribution in [0.2, 0.25) is 0 Å². The van der Waals surface area contributed by atoms with Gasteiger partial charge in [-0.25, -0.2) is 0 Å². The van der Waals surface area contributed by atoms with E-state index in [4.69, 9.17) is 4.74 Å². The molecule has 4 rings (SSSR count). The van der Waals surface area contributed by atoms with Gasteiger partial charge in [-0.05, 0) is 66.9 Å². The zero-order chi connectivity index (χ0) is 17.3. The molecule has 0 aromatic heterocycles. The molecule has 0 bridgehead atoms. The number of hydrogen-bond acceptors (Lipinski definition) is 2. The first-order chi connectivity index (χ1) is 11.2. The highest BCUT2D eigenvalue weighted by atomic mass is 16.5. The van der Waals surface area contributed by atoms with Crippen LogP contribution in [0.5, 0.6) is 11.5 Å². The van der Waals surface area contributed by atoms with Crippen molar-refractivity contribution in [3.05, 3.63) is 23.3 Å². The third-order valence-corrected chi connectivity index (χ3v) is 8.24. The standard InChI is InChI=1S/C22H32O2/c1-20(2)10-6-11-21(3)17(20)9-12-22(4)18(21)13-14-16(24-5)8-7-15(23)19(14)22/h7-8,17-18,23H,6,9-13H2,1-5H3/t17-,18+,21-,22-/m0/s1. The Balaban J connectivity index is 1.86. The predicted octanol–water partition coefficient (Wildman–Crippen LogP) is 5.46. The SMILES string of the molecule is COc1ccc(O)c2c1C[C@@H]1[C@@]3(C)CCCC(C)(C)[C@@H]3CC[C@]21C. The van der Waals surface area contributed by atoms with Gasteiger partial charge in [-0.3, -0.25) is 0 Å². The number of phenolic OH excluding ortho intramolecular Hbond substituents is 1. The van der Waals surface area contributed by atoms with Crippen molar-refractivity contribution >= 4 is 0 Å². The van der Waals surface area contributed by atoms with E-state index in [1.807, 2.05) is 12.1 Å². The molecule has 0 saturated heterocycles. The average molecular weight is 328 g/mol. The minimum Gasteiger partial charge on any atom is -0.508 e. The Morgan fingerprint density at radius 2 is 1.79 bits per heavy atom. The van der Waals surface area contributed by atoms with Crippen LogP contribution in [0.3, 0.4) is 0 Å². The summed E-state index contributed by atoms with van der Waals surface area (Å²) in [6, 6.07) is 3.78. The van der Waals surface area contributed by atoms with E-state index in [1.165, 1.54) is 43.2 Å². The first-order valence-corrected chi connectivity index (χ1v) is 9.63. The van der Waals surface area contributed by atoms with Crippen LogP contribution in [-0.4, -0.2) is 12.2 Å². The van der Waals surface area contributed by atoms with Gasteiger partial charge >= 0.3 is 0 Å². The van der Waals surface area contributed by atoms with Crippen LogP contribution in [0.1, 0.15) is 70.9 Å². The fourth-order valence-corrected chi connectivity index (χ4v) is 7.26. The Kier molecular flexibility index (Phi) is 3.34. The topological polar surface area (TPSA) is 29.5 Å². The second-order valence-electron chi connectivity index (χ2n) is 9.75. The second kappa shape index (κ2) is 4.93. The first-order valence-electron chi connectivity index (χ1n) is 9.63. The summed E-state index contributed by atoms with van der Waals surface area (Å²) in [4.78, 5) is 0. The molecule has 2 nitrogen and oxygen atoms in total. The fraction of sp³-hybridized carbons (Fsp3) is 0.727. The Labute approximate surface area is 146 Å². The smallest absolute Gasteiger partial charge is 0.122 e. The summed E-state index contributed by atoms with van der Waals surface area (Å²) in [5.41, 5.74) is 3.36. The Morgan fingerprint density at radius 1 is 1.04 bits per heavy atom. The van der Waals surface area contributed by atoms with Crippen LogP contribution in [0, 0.1) is 22.7 Å². The Bertz CT molecular complexity index is 677. The fourth-order valence-electron chi connectivity index (χ4n) is 7.26. The van der Waals surface area contributed by atoms with Gasteiger partial charge in [0.25, 0.3) is 0 Å². The number of methoxy groups -OCH3 is 1. The van der Waals surface area contributed by atoms with Crippen molar-refractivity contribution in [2.75, 3.05) is 7.11 Å². The molecule has 0 radical (unpaired) electrons. The summed E-state index contributed by atoms with van der Waals surface area (Å²) >= 11 is 0. The number of hydrogen-bond donors (Lipinski definition) is 1. The summed E-state index contributed by atoms with van der Waals surface area (Å²) in [7, 11) is 1.76. The van der Waals surface area contributed by atoms with Crippen molar-refractivity contribution < 1.29 is 9.84 Å². The molecule has 0 spiro atoms. The average Bonchev–Trinajstić information content (AvgIpc) is 2.83. The molecule has 3 aliphatic carbocycles. The van der Waals surface area contributed by atoms with Crippen LogP contribution in [0.25, 0.3) is 0 Å². The highest BCUT2D eigenvalue weighted by Gasteiger charge is 2.61. The van der Waals surface area contributed by atoms with Crippen molar-refractivity contribution in [2.24, 2.45) is 22.7 Å². The lowest BCUT2D eigenvalue weighted by Crippen LogP contribution is -2.55. The minimum atomic E-state index is 0.0899. The monoisotopic (exact) mass is 328 g/mol. The van der Waals surface area contributed by atoms with Crippen molar-refractivity contribution in [2.45, 2.75) is 71.6 Å². The van der Waals surface area contributed by atoms with E-state index in [2.05, 4.69) is 27.7 Å². The number of aromatic hydroxyl groups is 1. The molecule has 1 aromatic rings. The van der Waals surface area contributed by atoms with Crippen LogP contribution >= 0.6 is 0 Å². The number of benzene rings is 1. The number of rotatable bonds is 1. The maximum Gasteiger partial charge on any atom is 0.122 e. The molecule has 4 atom stereocenters. The molecule has 1 N–H and O–H groups in total. The van der Waals surface area contributed by atoms with Gasteiger partial charge in [0.1, 0.15) is 11.5 Å². The molecule has 1 aromatic carbocycles. The lowest BCUT2D eigenvalue weighted by Gasteiger charge is -2.61. The molecular formula is C22H32O2. The third-order valence-electron chi connectivity index (χ3n) is 8.24. The van der Waals surface area contributed by atoms with Gasteiger partial charge in [0.05, 0.1) is 7.11 Å². The Hall–Kier alpha value is -1.18. The molecule has 0 amide bonds. The van der Waals surface area contributed by atoms with E-state index >= 15 is 0 Å².